The molecule has 2 saturated carbocycles. The molecule has 2 aliphatic rings. The van der Waals surface area contributed by atoms with Crippen molar-refractivity contribution in [3.05, 3.63) is 66.2 Å². The number of sulfonamides is 1. The number of nitrogens with one attached hydrogen (secondary N) is 1. The number of benzene rings is 2. The van der Waals surface area contributed by atoms with Gasteiger partial charge in [0.15, 0.2) is 0 Å². The molecule has 0 aromatic heterocycles. The van der Waals surface area contributed by atoms with Gasteiger partial charge in [0, 0.05) is 5.56 Å². The van der Waals surface area contributed by atoms with Crippen LogP contribution in [-0.4, -0.2) is 20.3 Å². The number of hydrogen-bond acceptors (Lipinski definition) is 3. The minimum absolute atomic E-state index is 0.106. The molecule has 4 rings (SSSR count). The summed E-state index contributed by atoms with van der Waals surface area (Å²) < 4.78 is 28.5. The van der Waals surface area contributed by atoms with Crippen molar-refractivity contribution in [3.8, 4) is 0 Å². The lowest BCUT2D eigenvalue weighted by molar-refractivity contribution is 0.294. The summed E-state index contributed by atoms with van der Waals surface area (Å²) in [6, 6.07) is 18.1. The number of rotatable bonds is 5. The number of nitrogens with zero attached hydrogens (tertiary/aromatic N) is 1. The highest BCUT2D eigenvalue weighted by Gasteiger charge is 2.42. The Morgan fingerprint density at radius 1 is 1.00 bits per heavy atom. The van der Waals surface area contributed by atoms with Crippen LogP contribution < -0.4 is 4.72 Å². The smallest absolute Gasteiger partial charge is 0.263 e. The van der Waals surface area contributed by atoms with Crippen LogP contribution in [0.5, 0.6) is 0 Å². The molecule has 4 atom stereocenters. The molecule has 5 heteroatoms. The molecule has 2 aromatic rings. The van der Waals surface area contributed by atoms with Crippen LogP contribution >= 0.6 is 0 Å². The predicted molar refractivity (Wildman–Crippen MR) is 108 cm³/mol. The van der Waals surface area contributed by atoms with E-state index in [1.54, 1.807) is 24.3 Å². The average molecular weight is 383 g/mol. The fourth-order valence-corrected chi connectivity index (χ4v) is 5.78. The number of fused-ring (bicyclic) bond motifs is 2. The topological polar surface area (TPSA) is 58.5 Å². The van der Waals surface area contributed by atoms with Crippen LogP contribution in [0.15, 0.2) is 70.6 Å². The lowest BCUT2D eigenvalue weighted by Gasteiger charge is -2.26. The van der Waals surface area contributed by atoms with Crippen molar-refractivity contribution in [1.29, 1.82) is 0 Å². The first-order chi connectivity index (χ1) is 13.0. The van der Waals surface area contributed by atoms with Crippen LogP contribution in [0.4, 0.5) is 0 Å². The lowest BCUT2D eigenvalue weighted by atomic mass is 9.84. The van der Waals surface area contributed by atoms with Crippen molar-refractivity contribution in [2.75, 3.05) is 0 Å². The second kappa shape index (κ2) is 7.47. The van der Waals surface area contributed by atoms with Gasteiger partial charge in [-0.25, -0.2) is 8.42 Å². The molecule has 27 heavy (non-hydrogen) atoms. The van der Waals surface area contributed by atoms with E-state index in [1.165, 1.54) is 25.7 Å². The Morgan fingerprint density at radius 3 is 2.26 bits per heavy atom. The van der Waals surface area contributed by atoms with Gasteiger partial charge in [-0.05, 0) is 56.1 Å². The first kappa shape index (κ1) is 18.2. The third-order valence-corrected chi connectivity index (χ3v) is 7.43. The Bertz CT molecular complexity index is 910. The van der Waals surface area contributed by atoms with E-state index in [0.717, 1.165) is 17.4 Å². The second-order valence-corrected chi connectivity index (χ2v) is 9.52. The van der Waals surface area contributed by atoms with Gasteiger partial charge in [0.05, 0.1) is 10.9 Å². The molecule has 0 amide bonds. The average Bonchev–Trinajstić information content (AvgIpc) is 3.32. The van der Waals surface area contributed by atoms with Crippen LogP contribution in [-0.2, 0) is 10.0 Å². The minimum atomic E-state index is -3.67. The zero-order valence-electron chi connectivity index (χ0n) is 15.6. The maximum Gasteiger partial charge on any atom is 0.263 e. The zero-order chi connectivity index (χ0) is 18.9. The van der Waals surface area contributed by atoms with Crippen LogP contribution in [0.1, 0.15) is 38.2 Å². The summed E-state index contributed by atoms with van der Waals surface area (Å²) in [6.07, 6.45) is 5.19. The van der Waals surface area contributed by atoms with Crippen molar-refractivity contribution in [1.82, 2.24) is 4.72 Å². The van der Waals surface area contributed by atoms with Gasteiger partial charge in [-0.1, -0.05) is 55.0 Å². The predicted octanol–water partition coefficient (Wildman–Crippen LogP) is 4.24. The van der Waals surface area contributed by atoms with E-state index in [0.29, 0.717) is 11.8 Å². The fourth-order valence-electron chi connectivity index (χ4n) is 4.73. The summed E-state index contributed by atoms with van der Waals surface area (Å²) in [7, 11) is -3.67. The number of hydrogen-bond donors (Lipinski definition) is 1. The molecule has 0 radical (unpaired) electrons. The monoisotopic (exact) mass is 382 g/mol. The molecule has 4 nitrogen and oxygen atoms in total. The largest absolute Gasteiger partial charge is 0.264 e. The van der Waals surface area contributed by atoms with Gasteiger partial charge in [-0.15, -0.1) is 0 Å². The highest BCUT2D eigenvalue weighted by atomic mass is 32.2. The van der Waals surface area contributed by atoms with Crippen LogP contribution in [0.2, 0.25) is 0 Å². The number of amidine groups is 1. The second-order valence-electron chi connectivity index (χ2n) is 7.84. The van der Waals surface area contributed by atoms with E-state index in [1.807, 2.05) is 36.4 Å². The Balaban J connectivity index is 1.63. The van der Waals surface area contributed by atoms with E-state index in [-0.39, 0.29) is 10.9 Å². The molecule has 0 aliphatic heterocycles. The molecule has 2 fully saturated rings. The molecular formula is C22H26N2O2S. The van der Waals surface area contributed by atoms with Crippen molar-refractivity contribution >= 4 is 15.9 Å². The Kier molecular flexibility index (Phi) is 5.04. The highest BCUT2D eigenvalue weighted by Crippen LogP contribution is 2.50. The Morgan fingerprint density at radius 2 is 1.67 bits per heavy atom. The van der Waals surface area contributed by atoms with E-state index in [9.17, 15) is 8.42 Å². The quantitative estimate of drug-likeness (QED) is 0.621. The highest BCUT2D eigenvalue weighted by molar-refractivity contribution is 7.90. The van der Waals surface area contributed by atoms with Gasteiger partial charge in [0.1, 0.15) is 5.84 Å². The maximum absolute atomic E-state index is 12.9. The van der Waals surface area contributed by atoms with Crippen LogP contribution in [0.3, 0.4) is 0 Å². The summed E-state index contributed by atoms with van der Waals surface area (Å²) >= 11 is 0. The van der Waals surface area contributed by atoms with Crippen molar-refractivity contribution in [2.45, 2.75) is 43.5 Å². The van der Waals surface area contributed by atoms with Crippen molar-refractivity contribution in [2.24, 2.45) is 22.7 Å². The zero-order valence-corrected chi connectivity index (χ0v) is 16.4. The van der Waals surface area contributed by atoms with E-state index in [4.69, 9.17) is 4.99 Å². The molecule has 0 unspecified atom stereocenters. The molecule has 0 saturated heterocycles. The van der Waals surface area contributed by atoms with E-state index in [2.05, 4.69) is 11.6 Å². The van der Waals surface area contributed by atoms with E-state index >= 15 is 0 Å². The third kappa shape index (κ3) is 3.93. The molecule has 2 bridgehead atoms. The maximum atomic E-state index is 12.9. The summed E-state index contributed by atoms with van der Waals surface area (Å²) in [5.41, 5.74) is 0.798. The summed E-state index contributed by atoms with van der Waals surface area (Å²) in [4.78, 5) is 5.14. The van der Waals surface area contributed by atoms with E-state index < -0.39 is 10.0 Å². The van der Waals surface area contributed by atoms with Gasteiger partial charge in [0.2, 0.25) is 0 Å². The van der Waals surface area contributed by atoms with Gasteiger partial charge in [0.25, 0.3) is 10.0 Å². The van der Waals surface area contributed by atoms with Crippen molar-refractivity contribution in [3.63, 3.8) is 0 Å². The molecular weight excluding hydrogens is 356 g/mol. The standard InChI is InChI=1S/C22H26N2O2S/c1-16(21-15-17-12-13-19(21)14-17)23-22(18-8-4-2-5-9-18)24-27(25,26)20-10-6-3-7-11-20/h2-11,16-17,19,21H,12-15H2,1H3,(H,23,24)/t16-,17+,19+,21+/m0/s1. The first-order valence-electron chi connectivity index (χ1n) is 9.74. The fraction of sp³-hybridized carbons (Fsp3) is 0.409. The van der Waals surface area contributed by atoms with Crippen LogP contribution in [0.25, 0.3) is 0 Å². The van der Waals surface area contributed by atoms with Gasteiger partial charge < -0.3 is 0 Å². The SMILES string of the molecule is C[C@H](N=C(NS(=O)(=O)c1ccccc1)c1ccccc1)[C@H]1C[C@@H]2CC[C@@H]1C2. The van der Waals surface area contributed by atoms with Gasteiger partial charge in [-0.3, -0.25) is 9.71 Å². The van der Waals surface area contributed by atoms with Crippen LogP contribution in [0, 0.1) is 17.8 Å². The molecule has 2 aromatic carbocycles. The number of aliphatic imine (C=N–C) groups is 1. The molecule has 0 spiro atoms. The normalized spacial score (nSPS) is 26.1. The molecule has 2 aliphatic carbocycles. The Labute approximate surface area is 161 Å². The summed E-state index contributed by atoms with van der Waals surface area (Å²) in [5, 5.41) is 0. The lowest BCUT2D eigenvalue weighted by Crippen LogP contribution is -2.34. The minimum Gasteiger partial charge on any atom is -0.264 e. The third-order valence-electron chi connectivity index (χ3n) is 6.08. The molecule has 0 heterocycles. The summed E-state index contributed by atoms with van der Waals surface area (Å²) in [5.74, 6) is 2.59. The van der Waals surface area contributed by atoms with Crippen molar-refractivity contribution < 1.29 is 8.42 Å². The molecule has 1 N–H and O–H groups in total. The van der Waals surface area contributed by atoms with Gasteiger partial charge >= 0.3 is 0 Å². The Hall–Kier alpha value is -2.14. The molecule has 142 valence electrons. The van der Waals surface area contributed by atoms with Gasteiger partial charge in [-0.2, -0.15) is 0 Å². The first-order valence-corrected chi connectivity index (χ1v) is 11.2. The summed E-state index contributed by atoms with van der Waals surface area (Å²) in [6.45, 7) is 2.13.